The van der Waals surface area contributed by atoms with E-state index >= 15 is 0 Å². The summed E-state index contributed by atoms with van der Waals surface area (Å²) in [7, 11) is -3.56. The molecule has 5 heteroatoms. The van der Waals surface area contributed by atoms with E-state index in [0.29, 0.717) is 17.2 Å². The molecule has 0 aliphatic heterocycles. The number of nitrogens with one attached hydrogen (secondary N) is 1. The summed E-state index contributed by atoms with van der Waals surface area (Å²) < 4.78 is 27.6. The monoisotopic (exact) mass is 284 g/mol. The van der Waals surface area contributed by atoms with Gasteiger partial charge in [-0.25, -0.2) is 13.1 Å². The lowest BCUT2D eigenvalue weighted by atomic mass is 9.96. The van der Waals surface area contributed by atoms with E-state index in [1.807, 2.05) is 6.92 Å². The van der Waals surface area contributed by atoms with Crippen LogP contribution in [0.4, 0.5) is 5.69 Å². The molecule has 0 radical (unpaired) electrons. The number of hydrogen-bond donors (Lipinski definition) is 2. The minimum Gasteiger partial charge on any atom is -0.398 e. The molecule has 108 valence electrons. The van der Waals surface area contributed by atoms with Crippen molar-refractivity contribution in [2.75, 3.05) is 5.73 Å². The molecule has 1 rings (SSSR count). The van der Waals surface area contributed by atoms with Gasteiger partial charge >= 0.3 is 0 Å². The second-order valence-electron chi connectivity index (χ2n) is 4.98. The second-order valence-corrected chi connectivity index (χ2v) is 6.63. The minimum atomic E-state index is -3.56. The number of hydrogen-bond acceptors (Lipinski definition) is 3. The molecule has 4 nitrogen and oxygen atoms in total. The van der Waals surface area contributed by atoms with Gasteiger partial charge < -0.3 is 5.73 Å². The maximum Gasteiger partial charge on any atom is 0.243 e. The number of nitrogen functional groups attached to an aromatic ring is 1. The van der Waals surface area contributed by atoms with Crippen LogP contribution in [0, 0.1) is 12.8 Å². The van der Waals surface area contributed by atoms with Crippen molar-refractivity contribution in [3.8, 4) is 0 Å². The number of sulfonamides is 1. The number of aryl methyl sites for hydroxylation is 1. The maximum absolute atomic E-state index is 12.4. The molecule has 1 unspecified atom stereocenters. The summed E-state index contributed by atoms with van der Waals surface area (Å²) in [6.07, 6.45) is 1.90. The van der Waals surface area contributed by atoms with Gasteiger partial charge in [-0.05, 0) is 31.4 Å². The van der Waals surface area contributed by atoms with Crippen LogP contribution >= 0.6 is 0 Å². The molecule has 0 saturated heterocycles. The van der Waals surface area contributed by atoms with Crippen molar-refractivity contribution in [2.24, 2.45) is 5.92 Å². The molecule has 0 bridgehead atoms. The Morgan fingerprint density at radius 3 is 2.32 bits per heavy atom. The molecular weight excluding hydrogens is 260 g/mol. The standard InChI is InChI=1S/C14H24N2O2S/c1-5-12(6-2)11(4)16-19(17,18)14-10(3)8-7-9-13(14)15/h7-9,11-12,16H,5-6,15H2,1-4H3. The van der Waals surface area contributed by atoms with Crippen molar-refractivity contribution < 1.29 is 8.42 Å². The first-order valence-corrected chi connectivity index (χ1v) is 8.19. The minimum absolute atomic E-state index is 0.0981. The van der Waals surface area contributed by atoms with Crippen LogP contribution in [0.5, 0.6) is 0 Å². The van der Waals surface area contributed by atoms with Crippen LogP contribution in [0.25, 0.3) is 0 Å². The van der Waals surface area contributed by atoms with Crippen LogP contribution in [-0.4, -0.2) is 14.5 Å². The highest BCUT2D eigenvalue weighted by molar-refractivity contribution is 7.89. The van der Waals surface area contributed by atoms with Crippen molar-refractivity contribution in [3.63, 3.8) is 0 Å². The van der Waals surface area contributed by atoms with E-state index in [9.17, 15) is 8.42 Å². The Bertz CT molecular complexity index is 502. The van der Waals surface area contributed by atoms with Crippen molar-refractivity contribution in [2.45, 2.75) is 51.5 Å². The maximum atomic E-state index is 12.4. The summed E-state index contributed by atoms with van der Waals surface area (Å²) in [6, 6.07) is 5.03. The molecular formula is C14H24N2O2S. The van der Waals surface area contributed by atoms with Crippen molar-refractivity contribution >= 4 is 15.7 Å². The number of anilines is 1. The summed E-state index contributed by atoms with van der Waals surface area (Å²) in [4.78, 5) is 0.202. The average molecular weight is 284 g/mol. The Balaban J connectivity index is 3.06. The highest BCUT2D eigenvalue weighted by Crippen LogP contribution is 2.23. The zero-order chi connectivity index (χ0) is 14.6. The zero-order valence-corrected chi connectivity index (χ0v) is 12.9. The van der Waals surface area contributed by atoms with E-state index in [4.69, 9.17) is 5.73 Å². The Kier molecular flexibility index (Phi) is 5.38. The fourth-order valence-electron chi connectivity index (χ4n) is 2.44. The number of benzene rings is 1. The van der Waals surface area contributed by atoms with E-state index in [2.05, 4.69) is 18.6 Å². The van der Waals surface area contributed by atoms with E-state index in [1.165, 1.54) is 0 Å². The predicted molar refractivity (Wildman–Crippen MR) is 79.4 cm³/mol. The summed E-state index contributed by atoms with van der Waals surface area (Å²) >= 11 is 0. The first-order chi connectivity index (χ1) is 8.83. The molecule has 0 heterocycles. The molecule has 0 spiro atoms. The zero-order valence-electron chi connectivity index (χ0n) is 12.1. The van der Waals surface area contributed by atoms with Crippen LogP contribution in [-0.2, 0) is 10.0 Å². The van der Waals surface area contributed by atoms with Gasteiger partial charge in [0.15, 0.2) is 0 Å². The molecule has 0 aliphatic carbocycles. The van der Waals surface area contributed by atoms with Crippen LogP contribution in [0.15, 0.2) is 23.1 Å². The third kappa shape index (κ3) is 3.70. The molecule has 0 amide bonds. The second kappa shape index (κ2) is 6.39. The summed E-state index contributed by atoms with van der Waals surface area (Å²) in [5, 5.41) is 0. The highest BCUT2D eigenvalue weighted by Gasteiger charge is 2.24. The van der Waals surface area contributed by atoms with Gasteiger partial charge in [-0.15, -0.1) is 0 Å². The van der Waals surface area contributed by atoms with Gasteiger partial charge in [-0.3, -0.25) is 0 Å². The van der Waals surface area contributed by atoms with E-state index in [1.54, 1.807) is 25.1 Å². The smallest absolute Gasteiger partial charge is 0.243 e. The van der Waals surface area contributed by atoms with Crippen molar-refractivity contribution in [1.82, 2.24) is 4.72 Å². The van der Waals surface area contributed by atoms with E-state index in [-0.39, 0.29) is 10.9 Å². The molecule has 0 aromatic heterocycles. The first kappa shape index (κ1) is 16.0. The SMILES string of the molecule is CCC(CC)C(C)NS(=O)(=O)c1c(C)cccc1N. The van der Waals surface area contributed by atoms with Crippen LogP contribution in [0.3, 0.4) is 0 Å². The van der Waals surface area contributed by atoms with Gasteiger partial charge in [0, 0.05) is 6.04 Å². The van der Waals surface area contributed by atoms with Crippen LogP contribution < -0.4 is 10.5 Å². The summed E-state index contributed by atoms with van der Waals surface area (Å²) in [5.41, 5.74) is 6.77. The molecule has 1 aromatic rings. The fraction of sp³-hybridized carbons (Fsp3) is 0.571. The summed E-state index contributed by atoms with van der Waals surface area (Å²) in [5.74, 6) is 0.333. The van der Waals surface area contributed by atoms with Gasteiger partial charge in [0.25, 0.3) is 0 Å². The van der Waals surface area contributed by atoms with Crippen LogP contribution in [0.2, 0.25) is 0 Å². The number of rotatable bonds is 6. The van der Waals surface area contributed by atoms with Gasteiger partial charge in [0.2, 0.25) is 10.0 Å². The normalized spacial score (nSPS) is 13.7. The molecule has 0 aliphatic rings. The number of nitrogens with two attached hydrogens (primary N) is 1. The summed E-state index contributed by atoms with van der Waals surface area (Å²) in [6.45, 7) is 7.80. The van der Waals surface area contributed by atoms with E-state index in [0.717, 1.165) is 12.8 Å². The molecule has 0 saturated carbocycles. The van der Waals surface area contributed by atoms with Gasteiger partial charge in [-0.2, -0.15) is 0 Å². The third-order valence-electron chi connectivity index (χ3n) is 3.61. The molecule has 3 N–H and O–H groups in total. The Morgan fingerprint density at radius 1 is 1.26 bits per heavy atom. The van der Waals surface area contributed by atoms with Gasteiger partial charge in [0.1, 0.15) is 4.90 Å². The highest BCUT2D eigenvalue weighted by atomic mass is 32.2. The third-order valence-corrected chi connectivity index (χ3v) is 5.39. The topological polar surface area (TPSA) is 72.2 Å². The molecule has 0 fully saturated rings. The van der Waals surface area contributed by atoms with Crippen LogP contribution in [0.1, 0.15) is 39.2 Å². The quantitative estimate of drug-likeness (QED) is 0.789. The largest absolute Gasteiger partial charge is 0.398 e. The molecule has 1 atom stereocenters. The predicted octanol–water partition coefficient (Wildman–Crippen LogP) is 2.68. The van der Waals surface area contributed by atoms with Crippen molar-refractivity contribution in [1.29, 1.82) is 0 Å². The lowest BCUT2D eigenvalue weighted by molar-refractivity contribution is 0.391. The Labute approximate surface area is 116 Å². The Morgan fingerprint density at radius 2 is 1.84 bits per heavy atom. The fourth-order valence-corrected chi connectivity index (χ4v) is 4.11. The molecule has 19 heavy (non-hydrogen) atoms. The lowest BCUT2D eigenvalue weighted by Gasteiger charge is -2.23. The van der Waals surface area contributed by atoms with E-state index < -0.39 is 10.0 Å². The van der Waals surface area contributed by atoms with Gasteiger partial charge in [0.05, 0.1) is 5.69 Å². The molecule has 1 aromatic carbocycles. The average Bonchev–Trinajstić information content (AvgIpc) is 2.28. The van der Waals surface area contributed by atoms with Crippen molar-refractivity contribution in [3.05, 3.63) is 23.8 Å². The Hall–Kier alpha value is -1.07. The first-order valence-electron chi connectivity index (χ1n) is 6.70. The lowest BCUT2D eigenvalue weighted by Crippen LogP contribution is -2.38. The van der Waals surface area contributed by atoms with Gasteiger partial charge in [-0.1, -0.05) is 38.8 Å².